The smallest absolute Gasteiger partial charge is 0.320 e. The van der Waals surface area contributed by atoms with Gasteiger partial charge in [-0.15, -0.1) is 0 Å². The lowest BCUT2D eigenvalue weighted by molar-refractivity contribution is 0.126. The summed E-state index contributed by atoms with van der Waals surface area (Å²) in [6.07, 6.45) is 4.11. The fourth-order valence-corrected chi connectivity index (χ4v) is 3.17. The summed E-state index contributed by atoms with van der Waals surface area (Å²) in [6, 6.07) is 0.194. The Bertz CT molecular complexity index is 493. The number of carbonyl (C=O) groups excluding carboxylic acids is 1. The first-order chi connectivity index (χ1) is 9.72. The van der Waals surface area contributed by atoms with Crippen molar-refractivity contribution in [1.82, 2.24) is 19.4 Å². The van der Waals surface area contributed by atoms with Crippen molar-refractivity contribution in [3.63, 3.8) is 0 Å². The van der Waals surface area contributed by atoms with E-state index in [9.17, 15) is 4.79 Å². The maximum atomic E-state index is 12.5. The van der Waals surface area contributed by atoms with E-state index in [1.165, 1.54) is 0 Å². The van der Waals surface area contributed by atoms with Gasteiger partial charge in [-0.3, -0.25) is 0 Å². The van der Waals surface area contributed by atoms with Gasteiger partial charge >= 0.3 is 6.03 Å². The molecular formula is C14H22N4O2. The highest BCUT2D eigenvalue weighted by Gasteiger charge is 2.33. The molecule has 6 heteroatoms. The van der Waals surface area contributed by atoms with Gasteiger partial charge in [0.15, 0.2) is 0 Å². The average Bonchev–Trinajstić information content (AvgIpc) is 3.09. The van der Waals surface area contributed by atoms with Crippen LogP contribution in [0.2, 0.25) is 0 Å². The van der Waals surface area contributed by atoms with Crippen molar-refractivity contribution in [1.29, 1.82) is 0 Å². The minimum absolute atomic E-state index is 0.0301. The molecule has 110 valence electrons. The number of ether oxygens (including phenoxy) is 1. The molecule has 2 aliphatic heterocycles. The van der Waals surface area contributed by atoms with E-state index in [0.717, 1.165) is 50.5 Å². The van der Waals surface area contributed by atoms with E-state index in [1.807, 2.05) is 16.0 Å². The number of hydrogen-bond donors (Lipinski definition) is 0. The Morgan fingerprint density at radius 1 is 1.35 bits per heavy atom. The first-order valence-electron chi connectivity index (χ1n) is 7.31. The summed E-state index contributed by atoms with van der Waals surface area (Å²) >= 11 is 0. The number of hydrogen-bond acceptors (Lipinski definition) is 3. The maximum Gasteiger partial charge on any atom is 0.320 e. The van der Waals surface area contributed by atoms with E-state index in [0.29, 0.717) is 6.61 Å². The van der Waals surface area contributed by atoms with Crippen molar-refractivity contribution in [2.45, 2.75) is 39.0 Å². The van der Waals surface area contributed by atoms with Crippen LogP contribution in [0.25, 0.3) is 0 Å². The molecule has 3 rings (SSSR count). The molecule has 0 aromatic carbocycles. The van der Waals surface area contributed by atoms with Gasteiger partial charge in [0.1, 0.15) is 5.82 Å². The zero-order valence-corrected chi connectivity index (χ0v) is 12.2. The number of imidazole rings is 1. The van der Waals surface area contributed by atoms with Crippen LogP contribution in [0.4, 0.5) is 4.79 Å². The predicted molar refractivity (Wildman–Crippen MR) is 74.3 cm³/mol. The molecule has 0 bridgehead atoms. The Balaban J connectivity index is 1.78. The highest BCUT2D eigenvalue weighted by atomic mass is 16.5. The van der Waals surface area contributed by atoms with Crippen LogP contribution < -0.4 is 0 Å². The first kappa shape index (κ1) is 13.4. The highest BCUT2D eigenvalue weighted by molar-refractivity contribution is 5.75. The van der Waals surface area contributed by atoms with E-state index >= 15 is 0 Å². The summed E-state index contributed by atoms with van der Waals surface area (Å²) in [5.41, 5.74) is 1.09. The van der Waals surface area contributed by atoms with Gasteiger partial charge in [0.05, 0.1) is 24.5 Å². The van der Waals surface area contributed by atoms with Crippen LogP contribution in [0.15, 0.2) is 6.20 Å². The summed E-state index contributed by atoms with van der Waals surface area (Å²) in [5, 5.41) is 0. The monoisotopic (exact) mass is 278 g/mol. The fraction of sp³-hybridized carbons (Fsp3) is 0.714. The van der Waals surface area contributed by atoms with Crippen molar-refractivity contribution >= 4 is 6.03 Å². The molecule has 0 N–H and O–H groups in total. The van der Waals surface area contributed by atoms with Crippen molar-refractivity contribution in [3.05, 3.63) is 17.7 Å². The maximum absolute atomic E-state index is 12.5. The van der Waals surface area contributed by atoms with Gasteiger partial charge in [-0.2, -0.15) is 0 Å². The van der Waals surface area contributed by atoms with Gasteiger partial charge in [0.25, 0.3) is 0 Å². The topological polar surface area (TPSA) is 50.6 Å². The minimum Gasteiger partial charge on any atom is -0.378 e. The van der Waals surface area contributed by atoms with E-state index in [2.05, 4.69) is 16.5 Å². The third-order valence-electron chi connectivity index (χ3n) is 4.29. The molecule has 3 heterocycles. The minimum atomic E-state index is 0.0301. The molecule has 0 radical (unpaired) electrons. The largest absolute Gasteiger partial charge is 0.378 e. The Morgan fingerprint density at radius 2 is 2.10 bits per heavy atom. The Hall–Kier alpha value is -1.56. The number of methoxy groups -OCH3 is 1. The average molecular weight is 278 g/mol. The van der Waals surface area contributed by atoms with Crippen molar-refractivity contribution in [2.24, 2.45) is 0 Å². The quantitative estimate of drug-likeness (QED) is 0.826. The Morgan fingerprint density at radius 3 is 2.80 bits per heavy atom. The summed E-state index contributed by atoms with van der Waals surface area (Å²) in [7, 11) is 1.69. The normalized spacial score (nSPS) is 22.2. The van der Waals surface area contributed by atoms with E-state index in [-0.39, 0.29) is 12.1 Å². The molecule has 20 heavy (non-hydrogen) atoms. The molecule has 2 aliphatic rings. The molecule has 1 aromatic rings. The van der Waals surface area contributed by atoms with Gasteiger partial charge < -0.3 is 19.1 Å². The molecule has 1 saturated heterocycles. The third-order valence-corrected chi connectivity index (χ3v) is 4.29. The molecule has 6 nitrogen and oxygen atoms in total. The molecule has 0 spiro atoms. The number of aromatic nitrogens is 2. The first-order valence-corrected chi connectivity index (χ1v) is 7.31. The second kappa shape index (κ2) is 5.44. The molecule has 1 aromatic heterocycles. The zero-order valence-electron chi connectivity index (χ0n) is 12.2. The summed E-state index contributed by atoms with van der Waals surface area (Å²) in [6.45, 7) is 5.97. The van der Waals surface area contributed by atoms with Gasteiger partial charge in [-0.05, 0) is 19.8 Å². The van der Waals surface area contributed by atoms with Crippen LogP contribution >= 0.6 is 0 Å². The number of rotatable bonds is 2. The number of nitrogens with zero attached hydrogens (tertiary/aromatic N) is 4. The van der Waals surface area contributed by atoms with E-state index < -0.39 is 0 Å². The predicted octanol–water partition coefficient (Wildman–Crippen LogP) is 1.62. The number of fused-ring (bicyclic) bond motifs is 1. The zero-order chi connectivity index (χ0) is 14.1. The summed E-state index contributed by atoms with van der Waals surface area (Å²) in [5.74, 6) is 0.968. The Labute approximate surface area is 119 Å². The van der Waals surface area contributed by atoms with E-state index in [4.69, 9.17) is 4.74 Å². The van der Waals surface area contributed by atoms with Crippen LogP contribution in [0, 0.1) is 0 Å². The van der Waals surface area contributed by atoms with Gasteiger partial charge in [0, 0.05) is 33.3 Å². The van der Waals surface area contributed by atoms with Crippen molar-refractivity contribution < 1.29 is 9.53 Å². The Kier molecular flexibility index (Phi) is 3.65. The standard InChI is InChI=1S/C14H22N4O2/c1-11-13-15-9-12(10-20-2)18(13)8-7-17(11)14(19)16-5-3-4-6-16/h9,11H,3-8,10H2,1-2H3/t11-/m1/s1. The molecular weight excluding hydrogens is 256 g/mol. The third kappa shape index (κ3) is 2.18. The molecule has 0 saturated carbocycles. The van der Waals surface area contributed by atoms with Crippen molar-refractivity contribution in [3.8, 4) is 0 Å². The number of likely N-dealkylation sites (tertiary alicyclic amines) is 1. The van der Waals surface area contributed by atoms with Gasteiger partial charge in [-0.1, -0.05) is 0 Å². The van der Waals surface area contributed by atoms with Crippen molar-refractivity contribution in [2.75, 3.05) is 26.7 Å². The molecule has 1 atom stereocenters. The number of urea groups is 1. The lowest BCUT2D eigenvalue weighted by Gasteiger charge is -2.36. The van der Waals surface area contributed by atoms with Gasteiger partial charge in [0.2, 0.25) is 0 Å². The second-order valence-electron chi connectivity index (χ2n) is 5.54. The molecule has 1 fully saturated rings. The molecule has 0 unspecified atom stereocenters. The highest BCUT2D eigenvalue weighted by Crippen LogP contribution is 2.27. The van der Waals surface area contributed by atoms with Gasteiger partial charge in [-0.25, -0.2) is 9.78 Å². The number of amides is 2. The summed E-state index contributed by atoms with van der Waals surface area (Å²) in [4.78, 5) is 20.9. The van der Waals surface area contributed by atoms with Crippen LogP contribution in [-0.4, -0.2) is 52.1 Å². The van der Waals surface area contributed by atoms with Crippen LogP contribution in [-0.2, 0) is 17.9 Å². The molecule has 0 aliphatic carbocycles. The van der Waals surface area contributed by atoms with Crippen LogP contribution in [0.3, 0.4) is 0 Å². The van der Waals surface area contributed by atoms with Crippen LogP contribution in [0.1, 0.15) is 37.3 Å². The lowest BCUT2D eigenvalue weighted by atomic mass is 10.2. The fourth-order valence-electron chi connectivity index (χ4n) is 3.17. The number of carbonyl (C=O) groups is 1. The summed E-state index contributed by atoms with van der Waals surface area (Å²) < 4.78 is 7.38. The molecule has 2 amide bonds. The SMILES string of the molecule is COCc1cnc2n1CCN(C(=O)N1CCCC1)[C@@H]2C. The van der Waals surface area contributed by atoms with Crippen LogP contribution in [0.5, 0.6) is 0 Å². The second-order valence-corrected chi connectivity index (χ2v) is 5.54. The lowest BCUT2D eigenvalue weighted by Crippen LogP contribution is -2.47. The van der Waals surface area contributed by atoms with E-state index in [1.54, 1.807) is 7.11 Å².